The zero-order valence-electron chi connectivity index (χ0n) is 26.6. The normalized spacial score (nSPS) is 14.5. The first-order chi connectivity index (χ1) is 21.6. The zero-order valence-corrected chi connectivity index (χ0v) is 26.6. The van der Waals surface area contributed by atoms with Crippen LogP contribution in [0, 0.1) is 5.92 Å². The minimum absolute atomic E-state index is 0.156. The van der Waals surface area contributed by atoms with Gasteiger partial charge >= 0.3 is 0 Å². The van der Waals surface area contributed by atoms with E-state index < -0.39 is 12.1 Å². The minimum Gasteiger partial charge on any atom is -0.493 e. The molecule has 3 N–H and O–H groups in total. The van der Waals surface area contributed by atoms with E-state index in [1.807, 2.05) is 55.8 Å². The molecule has 1 aliphatic carbocycles. The van der Waals surface area contributed by atoms with Gasteiger partial charge in [0.05, 0.1) is 50.4 Å². The number of nitrogens with one attached hydrogen (secondary N) is 3. The summed E-state index contributed by atoms with van der Waals surface area (Å²) in [5, 5.41) is 9.20. The highest BCUT2D eigenvalue weighted by molar-refractivity contribution is 5.98. The quantitative estimate of drug-likeness (QED) is 0.245. The molecule has 0 spiro atoms. The van der Waals surface area contributed by atoms with Crippen molar-refractivity contribution in [3.05, 3.63) is 70.1 Å². The monoisotopic (exact) mass is 613 g/mol. The number of hydrogen-bond acceptors (Lipinski definition) is 8. The molecule has 236 valence electrons. The van der Waals surface area contributed by atoms with Crippen LogP contribution in [0.4, 0.5) is 11.4 Å². The number of rotatable bonds is 9. The Bertz CT molecular complexity index is 1830. The number of imidazole rings is 1. The topological polar surface area (TPSA) is 133 Å². The van der Waals surface area contributed by atoms with Gasteiger partial charge in [-0.15, -0.1) is 0 Å². The van der Waals surface area contributed by atoms with Gasteiger partial charge in [-0.3, -0.25) is 14.4 Å². The Morgan fingerprint density at radius 3 is 2.42 bits per heavy atom. The first kappa shape index (κ1) is 31.4. The molecular formula is C34H39N5O6. The second-order valence-electron chi connectivity index (χ2n) is 11.5. The molecular weight excluding hydrogens is 574 g/mol. The van der Waals surface area contributed by atoms with Crippen molar-refractivity contribution in [2.45, 2.75) is 45.7 Å². The van der Waals surface area contributed by atoms with Crippen molar-refractivity contribution in [3.63, 3.8) is 0 Å². The molecule has 0 saturated heterocycles. The third-order valence-corrected chi connectivity index (χ3v) is 8.17. The number of nitrogens with zero attached hydrogens (tertiary/aromatic N) is 2. The summed E-state index contributed by atoms with van der Waals surface area (Å²) in [4.78, 5) is 44.0. The van der Waals surface area contributed by atoms with Crippen LogP contribution in [0.2, 0.25) is 0 Å². The summed E-state index contributed by atoms with van der Waals surface area (Å²) in [5.41, 5.74) is 5.28. The summed E-state index contributed by atoms with van der Waals surface area (Å²) in [7, 11) is 6.57. The van der Waals surface area contributed by atoms with Gasteiger partial charge in [-0.25, -0.2) is 4.98 Å². The summed E-state index contributed by atoms with van der Waals surface area (Å²) < 4.78 is 19.0. The summed E-state index contributed by atoms with van der Waals surface area (Å²) in [6.45, 7) is 5.28. The molecule has 0 fully saturated rings. The van der Waals surface area contributed by atoms with Crippen molar-refractivity contribution in [2.24, 2.45) is 13.0 Å². The molecule has 5 rings (SSSR count). The van der Waals surface area contributed by atoms with Gasteiger partial charge in [0.15, 0.2) is 11.5 Å². The number of hydrogen-bond donors (Lipinski definition) is 3. The largest absolute Gasteiger partial charge is 0.493 e. The third kappa shape index (κ3) is 6.15. The molecule has 2 amide bonds. The molecule has 0 aliphatic heterocycles. The van der Waals surface area contributed by atoms with Gasteiger partial charge in [0.1, 0.15) is 6.04 Å². The van der Waals surface area contributed by atoms with Crippen LogP contribution in [0.3, 0.4) is 0 Å². The highest BCUT2D eigenvalue weighted by Crippen LogP contribution is 2.50. The maximum atomic E-state index is 13.8. The molecule has 3 aromatic carbocycles. The van der Waals surface area contributed by atoms with Gasteiger partial charge in [0.25, 0.3) is 0 Å². The van der Waals surface area contributed by atoms with Gasteiger partial charge in [-0.2, -0.15) is 0 Å². The van der Waals surface area contributed by atoms with Gasteiger partial charge in [0, 0.05) is 25.2 Å². The number of methoxy groups -OCH3 is 3. The van der Waals surface area contributed by atoms with Crippen molar-refractivity contribution in [3.8, 4) is 28.4 Å². The molecule has 2 atom stereocenters. The molecule has 0 radical (unpaired) electrons. The molecule has 1 aliphatic rings. The van der Waals surface area contributed by atoms with E-state index in [-0.39, 0.29) is 28.8 Å². The molecule has 1 aromatic heterocycles. The lowest BCUT2D eigenvalue weighted by Gasteiger charge is -2.22. The lowest BCUT2D eigenvalue weighted by Crippen LogP contribution is -2.39. The van der Waals surface area contributed by atoms with Gasteiger partial charge < -0.3 is 34.7 Å². The predicted molar refractivity (Wildman–Crippen MR) is 174 cm³/mol. The van der Waals surface area contributed by atoms with Crippen LogP contribution in [0.25, 0.3) is 22.2 Å². The van der Waals surface area contributed by atoms with Crippen LogP contribution in [0.15, 0.2) is 53.6 Å². The van der Waals surface area contributed by atoms with Crippen molar-refractivity contribution >= 4 is 34.2 Å². The first-order valence-electron chi connectivity index (χ1n) is 14.8. The van der Waals surface area contributed by atoms with E-state index in [0.29, 0.717) is 46.9 Å². The number of aryl methyl sites for hydroxylation is 2. The van der Waals surface area contributed by atoms with E-state index in [2.05, 4.69) is 20.9 Å². The van der Waals surface area contributed by atoms with Crippen LogP contribution < -0.4 is 35.6 Å². The van der Waals surface area contributed by atoms with Gasteiger partial charge in [0.2, 0.25) is 23.0 Å². The molecule has 1 heterocycles. The highest BCUT2D eigenvalue weighted by atomic mass is 16.5. The molecule has 45 heavy (non-hydrogen) atoms. The lowest BCUT2D eigenvalue weighted by atomic mass is 9.95. The lowest BCUT2D eigenvalue weighted by molar-refractivity contribution is -0.120. The third-order valence-electron chi connectivity index (χ3n) is 8.17. The smallest absolute Gasteiger partial charge is 0.247 e. The standard InChI is InChI=1S/C34H39N5O6/c1-18(2)31(34(42)37-21-9-13-27-26(15-21)35-17-39(27)4)38-25-12-10-22-23(16-28(25)41)24(36-19(3)40)11-8-20-14-29(43-5)32(44-6)33(45-7)30(20)22/h9-10,12-18,24,31H,8,11H2,1-7H3,(H,36,40)(H,37,42)(H,38,41)/t24-,31-/m0/s1. The van der Waals surface area contributed by atoms with Crippen molar-refractivity contribution in [2.75, 3.05) is 32.0 Å². The van der Waals surface area contributed by atoms with Crippen molar-refractivity contribution < 1.29 is 23.8 Å². The SMILES string of the molecule is COc1cc2c(c(OC)c1OC)-c1ccc(N[C@H](C(=O)Nc3ccc4c(c3)ncn4C)C(C)C)c(=O)cc1[C@@H](NC(C)=O)CC2. The fraction of sp³-hybridized carbons (Fsp3) is 0.353. The number of aromatic nitrogens is 2. The number of ether oxygens (including phenoxy) is 3. The number of amides is 2. The fourth-order valence-corrected chi connectivity index (χ4v) is 5.96. The predicted octanol–water partition coefficient (Wildman–Crippen LogP) is 4.82. The zero-order chi connectivity index (χ0) is 32.4. The average molecular weight is 614 g/mol. The Labute approximate surface area is 261 Å². The number of fused-ring (bicyclic) bond motifs is 4. The number of carbonyl (C=O) groups excluding carboxylic acids is 2. The second kappa shape index (κ2) is 12.9. The van der Waals surface area contributed by atoms with Crippen LogP contribution in [-0.4, -0.2) is 48.7 Å². The summed E-state index contributed by atoms with van der Waals surface area (Å²) >= 11 is 0. The molecule has 0 unspecified atom stereocenters. The van der Waals surface area contributed by atoms with Gasteiger partial charge in [-0.1, -0.05) is 19.9 Å². The van der Waals surface area contributed by atoms with E-state index in [1.54, 1.807) is 33.7 Å². The average Bonchev–Trinajstić information content (AvgIpc) is 3.21. The van der Waals surface area contributed by atoms with E-state index in [0.717, 1.165) is 22.2 Å². The first-order valence-corrected chi connectivity index (χ1v) is 14.8. The van der Waals surface area contributed by atoms with Gasteiger partial charge in [-0.05, 0) is 71.8 Å². The Hall–Kier alpha value is -5.06. The number of anilines is 2. The van der Waals surface area contributed by atoms with Crippen LogP contribution in [-0.2, 0) is 23.1 Å². The molecule has 0 bridgehead atoms. The van der Waals surface area contributed by atoms with Crippen LogP contribution >= 0.6 is 0 Å². The maximum absolute atomic E-state index is 13.8. The Morgan fingerprint density at radius 1 is 1.00 bits per heavy atom. The minimum atomic E-state index is -0.725. The number of carbonyl (C=O) groups is 2. The van der Waals surface area contributed by atoms with Crippen LogP contribution in [0.5, 0.6) is 17.2 Å². The number of benzene rings is 2. The molecule has 0 saturated carbocycles. The second-order valence-corrected chi connectivity index (χ2v) is 11.5. The van der Waals surface area contributed by atoms with Crippen molar-refractivity contribution in [1.82, 2.24) is 14.9 Å². The summed E-state index contributed by atoms with van der Waals surface area (Å²) in [6.07, 6.45) is 2.86. The van der Waals surface area contributed by atoms with E-state index >= 15 is 0 Å². The van der Waals surface area contributed by atoms with E-state index in [1.165, 1.54) is 13.0 Å². The van der Waals surface area contributed by atoms with Crippen molar-refractivity contribution in [1.29, 1.82) is 0 Å². The molecule has 11 heteroatoms. The van der Waals surface area contributed by atoms with Crippen LogP contribution in [0.1, 0.15) is 44.4 Å². The summed E-state index contributed by atoms with van der Waals surface area (Å²) in [5.74, 6) is 0.762. The molecule has 11 nitrogen and oxygen atoms in total. The molecule has 4 aromatic rings. The highest BCUT2D eigenvalue weighted by Gasteiger charge is 2.30. The Morgan fingerprint density at radius 2 is 1.76 bits per heavy atom. The maximum Gasteiger partial charge on any atom is 0.247 e. The fourth-order valence-electron chi connectivity index (χ4n) is 5.96. The van der Waals surface area contributed by atoms with E-state index in [4.69, 9.17) is 14.2 Å². The Balaban J connectivity index is 1.58. The summed E-state index contributed by atoms with van der Waals surface area (Å²) in [6, 6.07) is 11.3. The Kier molecular flexibility index (Phi) is 8.99. The van der Waals surface area contributed by atoms with E-state index in [9.17, 15) is 14.4 Å².